The Labute approximate surface area is 116 Å². The predicted molar refractivity (Wildman–Crippen MR) is 74.6 cm³/mol. The lowest BCUT2D eigenvalue weighted by Gasteiger charge is -2.07. The molecule has 1 atom stereocenters. The van der Waals surface area contributed by atoms with Gasteiger partial charge in [-0.2, -0.15) is 0 Å². The second-order valence-electron chi connectivity index (χ2n) is 4.37. The largest absolute Gasteiger partial charge is 0.451 e. The van der Waals surface area contributed by atoms with Gasteiger partial charge in [0.05, 0.1) is 11.1 Å². The molecule has 0 bridgehead atoms. The number of ketones is 1. The molecule has 1 aromatic heterocycles. The number of Topliss-reactive ketones (excluding diaryl/α,β-unsaturated/α-hetero) is 1. The molecule has 2 rings (SSSR count). The van der Waals surface area contributed by atoms with E-state index in [2.05, 4.69) is 0 Å². The van der Waals surface area contributed by atoms with Crippen LogP contribution in [0.15, 0.2) is 28.7 Å². The Morgan fingerprint density at radius 1 is 1.53 bits per heavy atom. The van der Waals surface area contributed by atoms with Crippen molar-refractivity contribution < 1.29 is 13.9 Å². The molecule has 0 spiro atoms. The maximum atomic E-state index is 12.1. The first-order chi connectivity index (χ1) is 9.13. The van der Waals surface area contributed by atoms with Crippen molar-refractivity contribution in [1.29, 1.82) is 0 Å². The fourth-order valence-corrected chi connectivity index (χ4v) is 2.13. The van der Waals surface area contributed by atoms with Crippen LogP contribution in [0.3, 0.4) is 0 Å². The molecule has 2 aromatic rings. The molecule has 1 unspecified atom stereocenters. The summed E-state index contributed by atoms with van der Waals surface area (Å²) in [5.74, 6) is 0.0522. The zero-order chi connectivity index (χ0) is 13.8. The van der Waals surface area contributed by atoms with Crippen LogP contribution < -0.4 is 5.73 Å². The van der Waals surface area contributed by atoms with Crippen molar-refractivity contribution in [3.63, 3.8) is 0 Å². The monoisotopic (exact) mass is 281 g/mol. The third-order valence-electron chi connectivity index (χ3n) is 2.94. The number of carbonyl (C=O) groups is 1. The third kappa shape index (κ3) is 3.15. The minimum Gasteiger partial charge on any atom is -0.451 e. The van der Waals surface area contributed by atoms with E-state index in [1.165, 1.54) is 0 Å². The van der Waals surface area contributed by atoms with E-state index < -0.39 is 6.04 Å². The van der Waals surface area contributed by atoms with Gasteiger partial charge in [0.15, 0.2) is 11.3 Å². The number of furan rings is 1. The van der Waals surface area contributed by atoms with E-state index in [-0.39, 0.29) is 11.5 Å². The highest BCUT2D eigenvalue weighted by molar-refractivity contribution is 6.34. The van der Waals surface area contributed by atoms with Crippen molar-refractivity contribution in [3.8, 4) is 0 Å². The Morgan fingerprint density at radius 3 is 3.00 bits per heavy atom. The summed E-state index contributed by atoms with van der Waals surface area (Å²) < 4.78 is 10.4. The molecular formula is C14H16ClNO3. The first kappa shape index (κ1) is 14.1. The summed E-state index contributed by atoms with van der Waals surface area (Å²) in [6, 6.07) is 6.49. The molecule has 0 amide bonds. The molecule has 0 fully saturated rings. The van der Waals surface area contributed by atoms with Gasteiger partial charge in [0, 0.05) is 19.1 Å². The van der Waals surface area contributed by atoms with E-state index >= 15 is 0 Å². The second kappa shape index (κ2) is 6.19. The molecule has 0 saturated carbocycles. The molecule has 2 N–H and O–H groups in total. The van der Waals surface area contributed by atoms with E-state index in [1.54, 1.807) is 19.2 Å². The van der Waals surface area contributed by atoms with Crippen LogP contribution in [0.1, 0.15) is 23.4 Å². The number of halogens is 1. The van der Waals surface area contributed by atoms with Gasteiger partial charge in [0.25, 0.3) is 0 Å². The van der Waals surface area contributed by atoms with E-state index in [4.69, 9.17) is 26.5 Å². The smallest absolute Gasteiger partial charge is 0.214 e. The molecule has 0 aliphatic rings. The minimum atomic E-state index is -0.575. The number of methoxy groups -OCH3 is 1. The van der Waals surface area contributed by atoms with Crippen LogP contribution in [0.25, 0.3) is 11.0 Å². The Hall–Kier alpha value is -1.36. The lowest BCUT2D eigenvalue weighted by atomic mass is 10.1. The van der Waals surface area contributed by atoms with Gasteiger partial charge >= 0.3 is 0 Å². The van der Waals surface area contributed by atoms with E-state index in [0.29, 0.717) is 23.6 Å². The summed E-state index contributed by atoms with van der Waals surface area (Å²) in [6.45, 7) is 0.590. The molecule has 0 radical (unpaired) electrons. The van der Waals surface area contributed by atoms with Crippen molar-refractivity contribution in [2.24, 2.45) is 5.73 Å². The Kier molecular flexibility index (Phi) is 4.58. The standard InChI is InChI=1S/C14H16ClNO3/c1-18-7-3-6-11(16)13(17)12-8-9-4-2-5-10(15)14(9)19-12/h2,4-5,8,11H,3,6-7,16H2,1H3. The first-order valence-corrected chi connectivity index (χ1v) is 6.48. The summed E-state index contributed by atoms with van der Waals surface area (Å²) in [5.41, 5.74) is 6.38. The summed E-state index contributed by atoms with van der Waals surface area (Å²) in [5, 5.41) is 1.30. The second-order valence-corrected chi connectivity index (χ2v) is 4.78. The number of rotatable bonds is 6. The van der Waals surface area contributed by atoms with E-state index in [9.17, 15) is 4.79 Å². The number of para-hydroxylation sites is 1. The fraction of sp³-hybridized carbons (Fsp3) is 0.357. The van der Waals surface area contributed by atoms with Gasteiger partial charge in [-0.3, -0.25) is 4.79 Å². The van der Waals surface area contributed by atoms with Crippen LogP contribution in [0.2, 0.25) is 5.02 Å². The molecule has 5 heteroatoms. The fourth-order valence-electron chi connectivity index (χ4n) is 1.91. The molecule has 19 heavy (non-hydrogen) atoms. The minimum absolute atomic E-state index is 0.205. The molecule has 102 valence electrons. The van der Waals surface area contributed by atoms with Crippen molar-refractivity contribution in [3.05, 3.63) is 35.0 Å². The average Bonchev–Trinajstić information content (AvgIpc) is 2.83. The molecule has 0 aliphatic heterocycles. The number of hydrogen-bond acceptors (Lipinski definition) is 4. The van der Waals surface area contributed by atoms with Gasteiger partial charge in [-0.05, 0) is 25.0 Å². The summed E-state index contributed by atoms with van der Waals surface area (Å²) >= 11 is 6.00. The van der Waals surface area contributed by atoms with Crippen molar-refractivity contribution in [2.45, 2.75) is 18.9 Å². The zero-order valence-electron chi connectivity index (χ0n) is 10.7. The van der Waals surface area contributed by atoms with Crippen LogP contribution in [-0.2, 0) is 4.74 Å². The van der Waals surface area contributed by atoms with Crippen molar-refractivity contribution >= 4 is 28.4 Å². The maximum Gasteiger partial charge on any atom is 0.214 e. The highest BCUT2D eigenvalue weighted by Crippen LogP contribution is 2.27. The molecule has 1 heterocycles. The third-order valence-corrected chi connectivity index (χ3v) is 3.24. The predicted octanol–water partition coefficient (Wildman–Crippen LogP) is 3.02. The van der Waals surface area contributed by atoms with Gasteiger partial charge in [-0.1, -0.05) is 23.7 Å². The van der Waals surface area contributed by atoms with Gasteiger partial charge in [-0.25, -0.2) is 0 Å². The molecule has 1 aromatic carbocycles. The maximum absolute atomic E-state index is 12.1. The molecule has 4 nitrogen and oxygen atoms in total. The number of benzene rings is 1. The lowest BCUT2D eigenvalue weighted by molar-refractivity contribution is 0.0925. The van der Waals surface area contributed by atoms with E-state index in [0.717, 1.165) is 11.8 Å². The van der Waals surface area contributed by atoms with Crippen LogP contribution in [0.4, 0.5) is 0 Å². The number of ether oxygens (including phenoxy) is 1. The average molecular weight is 282 g/mol. The van der Waals surface area contributed by atoms with Crippen LogP contribution >= 0.6 is 11.6 Å². The Balaban J connectivity index is 2.15. The zero-order valence-corrected chi connectivity index (χ0v) is 11.4. The summed E-state index contributed by atoms with van der Waals surface area (Å²) in [7, 11) is 1.62. The summed E-state index contributed by atoms with van der Waals surface area (Å²) in [6.07, 6.45) is 1.31. The highest BCUT2D eigenvalue weighted by Gasteiger charge is 2.20. The van der Waals surface area contributed by atoms with Crippen molar-refractivity contribution in [2.75, 3.05) is 13.7 Å². The SMILES string of the molecule is COCCCC(N)C(=O)c1cc2cccc(Cl)c2o1. The van der Waals surface area contributed by atoms with Crippen LogP contribution in [0, 0.1) is 0 Å². The van der Waals surface area contributed by atoms with E-state index in [1.807, 2.05) is 12.1 Å². The first-order valence-electron chi connectivity index (χ1n) is 6.10. The lowest BCUT2D eigenvalue weighted by Crippen LogP contribution is -2.30. The molecular weight excluding hydrogens is 266 g/mol. The number of hydrogen-bond donors (Lipinski definition) is 1. The molecule has 0 saturated heterocycles. The number of fused-ring (bicyclic) bond motifs is 1. The van der Waals surface area contributed by atoms with Crippen LogP contribution in [0.5, 0.6) is 0 Å². The van der Waals surface area contributed by atoms with Gasteiger partial charge < -0.3 is 14.9 Å². The van der Waals surface area contributed by atoms with Gasteiger partial charge in [0.1, 0.15) is 0 Å². The summed E-state index contributed by atoms with van der Waals surface area (Å²) in [4.78, 5) is 12.1. The normalized spacial score (nSPS) is 12.8. The number of nitrogens with two attached hydrogens (primary N) is 1. The van der Waals surface area contributed by atoms with Crippen LogP contribution in [-0.4, -0.2) is 25.5 Å². The highest BCUT2D eigenvalue weighted by atomic mass is 35.5. The Morgan fingerprint density at radius 2 is 2.32 bits per heavy atom. The van der Waals surface area contributed by atoms with Gasteiger partial charge in [-0.15, -0.1) is 0 Å². The quantitative estimate of drug-likeness (QED) is 0.653. The molecule has 0 aliphatic carbocycles. The topological polar surface area (TPSA) is 65.5 Å². The van der Waals surface area contributed by atoms with Gasteiger partial charge in [0.2, 0.25) is 5.78 Å². The number of carbonyl (C=O) groups excluding carboxylic acids is 1. The Bertz CT molecular complexity index is 579. The van der Waals surface area contributed by atoms with Crippen molar-refractivity contribution in [1.82, 2.24) is 0 Å².